The van der Waals surface area contributed by atoms with E-state index >= 15 is 0 Å². The molecule has 0 aliphatic heterocycles. The Morgan fingerprint density at radius 2 is 1.20 bits per heavy atom. The Bertz CT molecular complexity index is 65.7. The first-order chi connectivity index (χ1) is 4.29. The minimum absolute atomic E-state index is 0.619. The van der Waals surface area contributed by atoms with Crippen molar-refractivity contribution in [3.8, 4) is 0 Å². The van der Waals surface area contributed by atoms with Crippen molar-refractivity contribution in [3.05, 3.63) is 0 Å². The monoisotopic (exact) mass is 160 g/mol. The predicted molar refractivity (Wildman–Crippen MR) is 54.9 cm³/mol. The van der Waals surface area contributed by atoms with E-state index in [9.17, 15) is 0 Å². The molecular formula is C7H20BNP+. The van der Waals surface area contributed by atoms with E-state index in [-0.39, 0.29) is 0 Å². The zero-order valence-corrected chi connectivity index (χ0v) is 9.07. The molecule has 1 nitrogen and oxygen atoms in total. The predicted octanol–water partition coefficient (Wildman–Crippen LogP) is 1.20. The fourth-order valence-electron chi connectivity index (χ4n) is 0. The molecule has 0 aromatic heterocycles. The second-order valence-electron chi connectivity index (χ2n) is 3.81. The van der Waals surface area contributed by atoms with E-state index in [0.717, 1.165) is 6.06 Å². The van der Waals surface area contributed by atoms with Crippen molar-refractivity contribution in [2.24, 2.45) is 0 Å². The van der Waals surface area contributed by atoms with Gasteiger partial charge in [-0.05, 0) is 28.4 Å². The SMILES string of the molecule is CN(C)C.[B]C[P+](C)(C)C. The highest BCUT2D eigenvalue weighted by Crippen LogP contribution is 2.44. The normalized spacial score (nSPS) is 10.7. The topological polar surface area (TPSA) is 3.24 Å². The molecule has 0 N–H and O–H groups in total. The van der Waals surface area contributed by atoms with Gasteiger partial charge in [0.25, 0.3) is 0 Å². The van der Waals surface area contributed by atoms with E-state index in [1.54, 1.807) is 0 Å². The van der Waals surface area contributed by atoms with Gasteiger partial charge in [0, 0.05) is 26.1 Å². The van der Waals surface area contributed by atoms with E-state index < -0.39 is 7.26 Å². The molecule has 0 saturated carbocycles. The van der Waals surface area contributed by atoms with Gasteiger partial charge in [-0.1, -0.05) is 0 Å². The second kappa shape index (κ2) is 6.18. The summed E-state index contributed by atoms with van der Waals surface area (Å²) in [6.07, 6.45) is 0. The van der Waals surface area contributed by atoms with Crippen molar-refractivity contribution in [1.29, 1.82) is 0 Å². The fraction of sp³-hybridized carbons (Fsp3) is 1.00. The Balaban J connectivity index is 0. The molecule has 0 amide bonds. The molecule has 0 saturated heterocycles. The zero-order valence-electron chi connectivity index (χ0n) is 8.18. The zero-order chi connectivity index (χ0) is 8.78. The fourth-order valence-corrected chi connectivity index (χ4v) is 0. The maximum Gasteiger partial charge on any atom is 0.122 e. The first kappa shape index (κ1) is 13.1. The Hall–Kier alpha value is 0.455. The van der Waals surface area contributed by atoms with Gasteiger partial charge in [0.15, 0.2) is 0 Å². The number of rotatable bonds is 1. The third kappa shape index (κ3) is 39.4. The van der Waals surface area contributed by atoms with Gasteiger partial charge in [0.05, 0.1) is 0 Å². The van der Waals surface area contributed by atoms with Crippen LogP contribution in [0.5, 0.6) is 0 Å². The summed E-state index contributed by atoms with van der Waals surface area (Å²) >= 11 is 0. The Morgan fingerprint density at radius 1 is 1.10 bits per heavy atom. The van der Waals surface area contributed by atoms with E-state index in [1.807, 2.05) is 26.0 Å². The van der Waals surface area contributed by atoms with Crippen molar-refractivity contribution in [1.82, 2.24) is 4.90 Å². The van der Waals surface area contributed by atoms with Crippen molar-refractivity contribution in [2.75, 3.05) is 47.2 Å². The molecule has 2 radical (unpaired) electrons. The Labute approximate surface area is 67.9 Å². The highest BCUT2D eigenvalue weighted by atomic mass is 31.2. The number of hydrogen-bond acceptors (Lipinski definition) is 1. The highest BCUT2D eigenvalue weighted by molar-refractivity contribution is 7.74. The molecule has 0 fully saturated rings. The lowest BCUT2D eigenvalue weighted by atomic mass is 10.2. The van der Waals surface area contributed by atoms with Gasteiger partial charge in [-0.2, -0.15) is 0 Å². The molecule has 0 aliphatic rings. The van der Waals surface area contributed by atoms with Crippen LogP contribution in [0.2, 0.25) is 0 Å². The molecule has 0 bridgehead atoms. The molecule has 0 aliphatic carbocycles. The molecule has 0 heterocycles. The third-order valence-corrected chi connectivity index (χ3v) is 1.64. The summed E-state index contributed by atoms with van der Waals surface area (Å²) in [6, 6.07) is 0.882. The van der Waals surface area contributed by atoms with Crippen LogP contribution in [0.4, 0.5) is 0 Å². The van der Waals surface area contributed by atoms with Crippen LogP contribution in [0.1, 0.15) is 0 Å². The lowest BCUT2D eigenvalue weighted by molar-refractivity contribution is 0.505. The van der Waals surface area contributed by atoms with Crippen molar-refractivity contribution in [2.45, 2.75) is 0 Å². The molecule has 0 spiro atoms. The van der Waals surface area contributed by atoms with Crippen LogP contribution in [0, 0.1) is 0 Å². The van der Waals surface area contributed by atoms with Crippen molar-refractivity contribution < 1.29 is 0 Å². The van der Waals surface area contributed by atoms with Crippen LogP contribution in [0.3, 0.4) is 0 Å². The lowest BCUT2D eigenvalue weighted by Crippen LogP contribution is -1.99. The second-order valence-corrected chi connectivity index (χ2v) is 8.76. The standard InChI is InChI=1S/C4H11BP.C3H9N/c1-6(2,3)4-5;1-4(2)3/h4H2,1-3H3;1-3H3/q+1;. The molecule has 10 heavy (non-hydrogen) atoms. The van der Waals surface area contributed by atoms with Crippen molar-refractivity contribution in [3.63, 3.8) is 0 Å². The summed E-state index contributed by atoms with van der Waals surface area (Å²) in [5, 5.41) is 0. The highest BCUT2D eigenvalue weighted by Gasteiger charge is 2.10. The summed E-state index contributed by atoms with van der Waals surface area (Å²) in [5.74, 6) is 0. The first-order valence-corrected chi connectivity index (χ1v) is 6.72. The Morgan fingerprint density at radius 3 is 1.20 bits per heavy atom. The largest absolute Gasteiger partial charge is 0.312 e. The summed E-state index contributed by atoms with van der Waals surface area (Å²) in [4.78, 5) is 2.00. The van der Waals surface area contributed by atoms with Gasteiger partial charge in [-0.3, -0.25) is 0 Å². The third-order valence-electron chi connectivity index (χ3n) is 0.548. The minimum atomic E-state index is -0.619. The Kier molecular flexibility index (Phi) is 8.08. The van der Waals surface area contributed by atoms with E-state index in [1.165, 1.54) is 0 Å². The van der Waals surface area contributed by atoms with Crippen LogP contribution in [-0.4, -0.2) is 59.9 Å². The minimum Gasteiger partial charge on any atom is -0.312 e. The quantitative estimate of drug-likeness (QED) is 0.411. The van der Waals surface area contributed by atoms with Gasteiger partial charge in [0.1, 0.15) is 7.85 Å². The van der Waals surface area contributed by atoms with Gasteiger partial charge >= 0.3 is 0 Å². The smallest absolute Gasteiger partial charge is 0.122 e. The van der Waals surface area contributed by atoms with Crippen LogP contribution >= 0.6 is 7.26 Å². The van der Waals surface area contributed by atoms with Gasteiger partial charge in [-0.15, -0.1) is 0 Å². The van der Waals surface area contributed by atoms with E-state index in [2.05, 4.69) is 20.0 Å². The molecule has 0 aromatic carbocycles. The summed E-state index contributed by atoms with van der Waals surface area (Å²) in [5.41, 5.74) is 0. The maximum atomic E-state index is 5.35. The van der Waals surface area contributed by atoms with E-state index in [0.29, 0.717) is 0 Å². The lowest BCUT2D eigenvalue weighted by Gasteiger charge is -2.05. The summed E-state index contributed by atoms with van der Waals surface area (Å²) < 4.78 is 0. The molecule has 60 valence electrons. The molecule has 0 atom stereocenters. The average Bonchev–Trinajstić information content (AvgIpc) is 1.63. The molecule has 0 unspecified atom stereocenters. The van der Waals surface area contributed by atoms with Crippen LogP contribution in [0.15, 0.2) is 0 Å². The molecule has 3 heteroatoms. The number of hydrogen-bond donors (Lipinski definition) is 0. The molecule has 0 rings (SSSR count). The van der Waals surface area contributed by atoms with Crippen molar-refractivity contribution >= 4 is 15.1 Å². The number of nitrogens with zero attached hydrogens (tertiary/aromatic N) is 1. The van der Waals surface area contributed by atoms with Gasteiger partial charge < -0.3 is 4.90 Å². The average molecular weight is 160 g/mol. The molecule has 0 aromatic rings. The summed E-state index contributed by atoms with van der Waals surface area (Å²) in [7, 11) is 10.7. The first-order valence-electron chi connectivity index (χ1n) is 3.41. The van der Waals surface area contributed by atoms with Crippen LogP contribution in [-0.2, 0) is 0 Å². The summed E-state index contributed by atoms with van der Waals surface area (Å²) in [6.45, 7) is 6.69. The maximum absolute atomic E-state index is 5.35. The van der Waals surface area contributed by atoms with E-state index in [4.69, 9.17) is 7.85 Å². The molecular weight excluding hydrogens is 140 g/mol. The van der Waals surface area contributed by atoms with Crippen LogP contribution < -0.4 is 0 Å². The van der Waals surface area contributed by atoms with Gasteiger partial charge in [0.2, 0.25) is 0 Å². The van der Waals surface area contributed by atoms with Gasteiger partial charge in [-0.25, -0.2) is 0 Å². The van der Waals surface area contributed by atoms with Crippen LogP contribution in [0.25, 0.3) is 0 Å².